The van der Waals surface area contributed by atoms with E-state index in [4.69, 9.17) is 16.9 Å². The Labute approximate surface area is 101 Å². The Kier molecular flexibility index (Phi) is 3.33. The van der Waals surface area contributed by atoms with Crippen molar-refractivity contribution in [2.45, 2.75) is 13.0 Å². The number of halogens is 1. The van der Waals surface area contributed by atoms with Gasteiger partial charge in [-0.05, 0) is 25.1 Å². The normalized spacial score (nSPS) is 20.6. The van der Waals surface area contributed by atoms with Gasteiger partial charge in [-0.25, -0.2) is 0 Å². The van der Waals surface area contributed by atoms with Gasteiger partial charge in [0.05, 0.1) is 11.3 Å². The van der Waals surface area contributed by atoms with Crippen LogP contribution < -0.4 is 10.2 Å². The van der Waals surface area contributed by atoms with Gasteiger partial charge >= 0.3 is 0 Å². The molecule has 84 valence electrons. The molecule has 0 aromatic heterocycles. The average Bonchev–Trinajstić information content (AvgIpc) is 2.28. The molecule has 1 fully saturated rings. The Morgan fingerprint density at radius 3 is 3.06 bits per heavy atom. The summed E-state index contributed by atoms with van der Waals surface area (Å²) in [5, 5.41) is 13.1. The monoisotopic (exact) mass is 235 g/mol. The quantitative estimate of drug-likeness (QED) is 0.810. The minimum Gasteiger partial charge on any atom is -0.368 e. The van der Waals surface area contributed by atoms with Crippen molar-refractivity contribution in [3.05, 3.63) is 28.8 Å². The zero-order chi connectivity index (χ0) is 11.5. The van der Waals surface area contributed by atoms with Crippen LogP contribution in [0, 0.1) is 11.3 Å². The highest BCUT2D eigenvalue weighted by Crippen LogP contribution is 2.24. The fourth-order valence-corrected chi connectivity index (χ4v) is 2.20. The maximum Gasteiger partial charge on any atom is 0.101 e. The van der Waals surface area contributed by atoms with E-state index in [-0.39, 0.29) is 0 Å². The van der Waals surface area contributed by atoms with Crippen LogP contribution in [-0.4, -0.2) is 25.7 Å². The number of nitriles is 1. The van der Waals surface area contributed by atoms with Crippen LogP contribution in [-0.2, 0) is 0 Å². The first-order chi connectivity index (χ1) is 7.70. The number of benzene rings is 1. The highest BCUT2D eigenvalue weighted by molar-refractivity contribution is 6.30. The van der Waals surface area contributed by atoms with Crippen molar-refractivity contribution < 1.29 is 0 Å². The first kappa shape index (κ1) is 11.3. The SMILES string of the molecule is C[C@@H]1CN(c2ccc(Cl)cc2C#N)CCN1. The maximum atomic E-state index is 9.09. The van der Waals surface area contributed by atoms with E-state index in [0.717, 1.165) is 25.3 Å². The summed E-state index contributed by atoms with van der Waals surface area (Å²) in [6.07, 6.45) is 0. The van der Waals surface area contributed by atoms with Gasteiger partial charge in [0.2, 0.25) is 0 Å². The van der Waals surface area contributed by atoms with Crippen LogP contribution in [0.15, 0.2) is 18.2 Å². The van der Waals surface area contributed by atoms with Gasteiger partial charge in [-0.2, -0.15) is 5.26 Å². The highest BCUT2D eigenvalue weighted by atomic mass is 35.5. The molecule has 0 saturated carbocycles. The predicted octanol–water partition coefficient (Wildman–Crippen LogP) is 2.01. The van der Waals surface area contributed by atoms with Crippen LogP contribution in [0.5, 0.6) is 0 Å². The van der Waals surface area contributed by atoms with Crippen molar-refractivity contribution in [1.29, 1.82) is 5.26 Å². The fourth-order valence-electron chi connectivity index (χ4n) is 2.02. The van der Waals surface area contributed by atoms with Crippen LogP contribution in [0.1, 0.15) is 12.5 Å². The number of anilines is 1. The van der Waals surface area contributed by atoms with Gasteiger partial charge in [0.15, 0.2) is 0 Å². The molecule has 1 aliphatic rings. The minimum absolute atomic E-state index is 0.455. The van der Waals surface area contributed by atoms with Gasteiger partial charge < -0.3 is 10.2 Å². The molecule has 3 nitrogen and oxygen atoms in total. The largest absolute Gasteiger partial charge is 0.368 e. The molecular weight excluding hydrogens is 222 g/mol. The van der Waals surface area contributed by atoms with Crippen LogP contribution in [0.2, 0.25) is 5.02 Å². The molecule has 2 rings (SSSR count). The van der Waals surface area contributed by atoms with Gasteiger partial charge in [0, 0.05) is 30.7 Å². The van der Waals surface area contributed by atoms with Gasteiger partial charge in [-0.3, -0.25) is 0 Å². The lowest BCUT2D eigenvalue weighted by Gasteiger charge is -2.34. The molecule has 0 unspecified atom stereocenters. The Morgan fingerprint density at radius 1 is 1.56 bits per heavy atom. The van der Waals surface area contributed by atoms with E-state index in [2.05, 4.69) is 23.2 Å². The topological polar surface area (TPSA) is 39.1 Å². The first-order valence-electron chi connectivity index (χ1n) is 5.38. The molecule has 16 heavy (non-hydrogen) atoms. The van der Waals surface area contributed by atoms with Crippen LogP contribution in [0.3, 0.4) is 0 Å². The van der Waals surface area contributed by atoms with E-state index in [9.17, 15) is 0 Å². The fraction of sp³-hybridized carbons (Fsp3) is 0.417. The van der Waals surface area contributed by atoms with Crippen molar-refractivity contribution in [3.8, 4) is 6.07 Å². The molecule has 1 aromatic rings. The third-order valence-corrected chi connectivity index (χ3v) is 3.02. The third kappa shape index (κ3) is 2.29. The minimum atomic E-state index is 0.455. The van der Waals surface area contributed by atoms with Crippen LogP contribution in [0.25, 0.3) is 0 Å². The zero-order valence-corrected chi connectivity index (χ0v) is 9.96. The van der Waals surface area contributed by atoms with Crippen molar-refractivity contribution in [1.82, 2.24) is 5.32 Å². The second kappa shape index (κ2) is 4.73. The summed E-state index contributed by atoms with van der Waals surface area (Å²) in [6, 6.07) is 8.15. The molecule has 0 spiro atoms. The lowest BCUT2D eigenvalue weighted by Crippen LogP contribution is -2.49. The average molecular weight is 236 g/mol. The summed E-state index contributed by atoms with van der Waals surface area (Å²) in [5.74, 6) is 0. The lowest BCUT2D eigenvalue weighted by atomic mass is 10.1. The molecule has 1 atom stereocenters. The van der Waals surface area contributed by atoms with Crippen LogP contribution in [0.4, 0.5) is 5.69 Å². The summed E-state index contributed by atoms with van der Waals surface area (Å²) in [6.45, 7) is 4.96. The zero-order valence-electron chi connectivity index (χ0n) is 9.20. The van der Waals surface area contributed by atoms with Gasteiger partial charge in [-0.1, -0.05) is 11.6 Å². The van der Waals surface area contributed by atoms with Gasteiger partial charge in [-0.15, -0.1) is 0 Å². The van der Waals surface area contributed by atoms with E-state index in [1.165, 1.54) is 0 Å². The Bertz CT molecular complexity index is 425. The Hall–Kier alpha value is -1.24. The molecule has 0 aliphatic carbocycles. The molecule has 0 amide bonds. The van der Waals surface area contributed by atoms with Crippen molar-refractivity contribution in [3.63, 3.8) is 0 Å². The Morgan fingerprint density at radius 2 is 2.38 bits per heavy atom. The molecule has 1 aliphatic heterocycles. The molecular formula is C12H14ClN3. The maximum absolute atomic E-state index is 9.09. The second-order valence-corrected chi connectivity index (χ2v) is 4.51. The number of piperazine rings is 1. The smallest absolute Gasteiger partial charge is 0.101 e. The van der Waals surface area contributed by atoms with Gasteiger partial charge in [0.25, 0.3) is 0 Å². The van der Waals surface area contributed by atoms with Crippen molar-refractivity contribution in [2.75, 3.05) is 24.5 Å². The van der Waals surface area contributed by atoms with E-state index in [1.807, 2.05) is 12.1 Å². The second-order valence-electron chi connectivity index (χ2n) is 4.07. The summed E-state index contributed by atoms with van der Waals surface area (Å²) in [4.78, 5) is 2.23. The van der Waals surface area contributed by atoms with Crippen molar-refractivity contribution in [2.24, 2.45) is 0 Å². The molecule has 1 saturated heterocycles. The number of nitrogens with zero attached hydrogens (tertiary/aromatic N) is 2. The lowest BCUT2D eigenvalue weighted by molar-refractivity contribution is 0.484. The predicted molar refractivity (Wildman–Crippen MR) is 65.8 cm³/mol. The first-order valence-corrected chi connectivity index (χ1v) is 5.76. The summed E-state index contributed by atoms with van der Waals surface area (Å²) >= 11 is 5.88. The molecule has 0 bridgehead atoms. The summed E-state index contributed by atoms with van der Waals surface area (Å²) in [5.41, 5.74) is 1.64. The van der Waals surface area contributed by atoms with E-state index >= 15 is 0 Å². The number of hydrogen-bond acceptors (Lipinski definition) is 3. The molecule has 1 heterocycles. The number of rotatable bonds is 1. The molecule has 1 aromatic carbocycles. The van der Waals surface area contributed by atoms with Crippen molar-refractivity contribution >= 4 is 17.3 Å². The molecule has 4 heteroatoms. The van der Waals surface area contributed by atoms with E-state index in [0.29, 0.717) is 16.6 Å². The third-order valence-electron chi connectivity index (χ3n) is 2.79. The standard InChI is InChI=1S/C12H14ClN3/c1-9-8-16(5-4-15-9)12-3-2-11(13)6-10(12)7-14/h2-3,6,9,15H,4-5,8H2,1H3/t9-/m1/s1. The Balaban J connectivity index is 2.29. The number of nitrogens with one attached hydrogen (secondary N) is 1. The number of hydrogen-bond donors (Lipinski definition) is 1. The molecule has 0 radical (unpaired) electrons. The van der Waals surface area contributed by atoms with E-state index in [1.54, 1.807) is 6.07 Å². The summed E-state index contributed by atoms with van der Waals surface area (Å²) < 4.78 is 0. The van der Waals surface area contributed by atoms with Gasteiger partial charge in [0.1, 0.15) is 6.07 Å². The summed E-state index contributed by atoms with van der Waals surface area (Å²) in [7, 11) is 0. The molecule has 1 N–H and O–H groups in total. The van der Waals surface area contributed by atoms with Crippen LogP contribution >= 0.6 is 11.6 Å². The highest BCUT2D eigenvalue weighted by Gasteiger charge is 2.18. The van der Waals surface area contributed by atoms with E-state index < -0.39 is 0 Å².